The Morgan fingerprint density at radius 2 is 1.73 bits per heavy atom. The van der Waals surface area contributed by atoms with Crippen molar-refractivity contribution in [1.82, 2.24) is 10.2 Å². The van der Waals surface area contributed by atoms with Gasteiger partial charge in [-0.25, -0.2) is 8.42 Å². The van der Waals surface area contributed by atoms with E-state index in [0.717, 1.165) is 32.7 Å². The number of aryl methyl sites for hydroxylation is 2. The topological polar surface area (TPSA) is 86.8 Å². The van der Waals surface area contributed by atoms with E-state index in [0.29, 0.717) is 22.8 Å². The minimum absolute atomic E-state index is 0.0594. The highest BCUT2D eigenvalue weighted by molar-refractivity contribution is 9.10. The van der Waals surface area contributed by atoms with Gasteiger partial charge in [0.1, 0.15) is 12.6 Å². The van der Waals surface area contributed by atoms with Crippen LogP contribution in [0.1, 0.15) is 43.4 Å². The highest BCUT2D eigenvalue weighted by Gasteiger charge is 2.33. The molecule has 0 bridgehead atoms. The van der Waals surface area contributed by atoms with Crippen LogP contribution >= 0.6 is 27.5 Å². The quantitative estimate of drug-likeness (QED) is 0.235. The van der Waals surface area contributed by atoms with Crippen molar-refractivity contribution in [3.05, 3.63) is 92.9 Å². The van der Waals surface area contributed by atoms with Crippen LogP contribution in [0.5, 0.6) is 0 Å². The molecule has 0 aliphatic carbocycles. The second-order valence-electron chi connectivity index (χ2n) is 9.73. The molecule has 10 heteroatoms. The fourth-order valence-corrected chi connectivity index (χ4v) is 6.35. The van der Waals surface area contributed by atoms with E-state index in [4.69, 9.17) is 11.6 Å². The van der Waals surface area contributed by atoms with Crippen molar-refractivity contribution in [2.75, 3.05) is 17.4 Å². The summed E-state index contributed by atoms with van der Waals surface area (Å²) in [5.41, 5.74) is 2.64. The van der Waals surface area contributed by atoms with Gasteiger partial charge in [0.2, 0.25) is 11.8 Å². The second kappa shape index (κ2) is 14.1. The Morgan fingerprint density at radius 1 is 1.02 bits per heavy atom. The number of nitrogens with zero attached hydrogens (tertiary/aromatic N) is 2. The van der Waals surface area contributed by atoms with Crippen molar-refractivity contribution in [3.8, 4) is 0 Å². The van der Waals surface area contributed by atoms with Crippen molar-refractivity contribution in [3.63, 3.8) is 0 Å². The van der Waals surface area contributed by atoms with Crippen molar-refractivity contribution >= 4 is 55.1 Å². The van der Waals surface area contributed by atoms with Crippen LogP contribution in [0, 0.1) is 13.8 Å². The molecule has 7 nitrogen and oxygen atoms in total. The van der Waals surface area contributed by atoms with Gasteiger partial charge >= 0.3 is 0 Å². The molecule has 0 spiro atoms. The van der Waals surface area contributed by atoms with Gasteiger partial charge < -0.3 is 10.2 Å². The van der Waals surface area contributed by atoms with E-state index < -0.39 is 28.5 Å². The Morgan fingerprint density at radius 3 is 2.35 bits per heavy atom. The van der Waals surface area contributed by atoms with Crippen LogP contribution in [0.3, 0.4) is 0 Å². The van der Waals surface area contributed by atoms with E-state index in [1.54, 1.807) is 44.2 Å². The molecule has 0 saturated carbocycles. The number of nitrogens with one attached hydrogen (secondary N) is 1. The summed E-state index contributed by atoms with van der Waals surface area (Å²) in [6.45, 7) is 7.42. The maximum atomic E-state index is 14.0. The number of carbonyl (C=O) groups excluding carboxylic acids is 2. The third-order valence-electron chi connectivity index (χ3n) is 6.55. The number of amides is 2. The predicted molar refractivity (Wildman–Crippen MR) is 164 cm³/mol. The fourth-order valence-electron chi connectivity index (χ4n) is 4.20. The number of unbranched alkanes of at least 4 members (excludes halogenated alkanes) is 1. The lowest BCUT2D eigenvalue weighted by Gasteiger charge is -2.32. The Labute approximate surface area is 250 Å². The number of hydrogen-bond acceptors (Lipinski definition) is 4. The summed E-state index contributed by atoms with van der Waals surface area (Å²) >= 11 is 9.62. The molecule has 0 aromatic heterocycles. The zero-order valence-electron chi connectivity index (χ0n) is 23.2. The van der Waals surface area contributed by atoms with Gasteiger partial charge in [-0.15, -0.1) is 0 Å². The molecule has 0 aliphatic heterocycles. The molecule has 3 aromatic carbocycles. The monoisotopic (exact) mass is 647 g/mol. The summed E-state index contributed by atoms with van der Waals surface area (Å²) in [4.78, 5) is 28.5. The summed E-state index contributed by atoms with van der Waals surface area (Å²) in [6.07, 6.45) is 1.73. The molecule has 1 atom stereocenters. The molecule has 0 fully saturated rings. The minimum Gasteiger partial charge on any atom is -0.354 e. The zero-order valence-corrected chi connectivity index (χ0v) is 26.3. The van der Waals surface area contributed by atoms with Crippen molar-refractivity contribution in [2.45, 2.75) is 58.0 Å². The zero-order chi connectivity index (χ0) is 29.4. The average Bonchev–Trinajstić information content (AvgIpc) is 2.90. The number of anilines is 1. The normalized spacial score (nSPS) is 12.1. The van der Waals surface area contributed by atoms with Crippen LogP contribution < -0.4 is 9.62 Å². The first-order valence-electron chi connectivity index (χ1n) is 13.1. The molecular formula is C30H35BrClN3O4S. The first kappa shape index (κ1) is 31.6. The smallest absolute Gasteiger partial charge is 0.264 e. The van der Waals surface area contributed by atoms with Crippen LogP contribution in [-0.4, -0.2) is 44.3 Å². The molecule has 40 heavy (non-hydrogen) atoms. The largest absolute Gasteiger partial charge is 0.354 e. The molecule has 3 aromatic rings. The number of rotatable bonds is 12. The van der Waals surface area contributed by atoms with Crippen LogP contribution in [-0.2, 0) is 26.2 Å². The van der Waals surface area contributed by atoms with Crippen molar-refractivity contribution in [1.29, 1.82) is 0 Å². The molecular weight excluding hydrogens is 614 g/mol. The highest BCUT2D eigenvalue weighted by Crippen LogP contribution is 2.29. The average molecular weight is 649 g/mol. The predicted octanol–water partition coefficient (Wildman–Crippen LogP) is 6.25. The van der Waals surface area contributed by atoms with Gasteiger partial charge in [-0.1, -0.05) is 70.7 Å². The van der Waals surface area contributed by atoms with E-state index in [2.05, 4.69) is 21.2 Å². The molecule has 0 saturated heterocycles. The maximum Gasteiger partial charge on any atom is 0.264 e. The molecule has 2 amide bonds. The summed E-state index contributed by atoms with van der Waals surface area (Å²) in [5.74, 6) is -0.810. The number of hydrogen-bond donors (Lipinski definition) is 1. The highest BCUT2D eigenvalue weighted by atomic mass is 79.9. The summed E-state index contributed by atoms with van der Waals surface area (Å²) < 4.78 is 29.8. The van der Waals surface area contributed by atoms with Gasteiger partial charge in [-0.2, -0.15) is 0 Å². The third-order valence-corrected chi connectivity index (χ3v) is 9.06. The lowest BCUT2D eigenvalue weighted by Crippen LogP contribution is -2.51. The van der Waals surface area contributed by atoms with Gasteiger partial charge in [-0.3, -0.25) is 13.9 Å². The van der Waals surface area contributed by atoms with Crippen LogP contribution in [0.15, 0.2) is 76.1 Å². The van der Waals surface area contributed by atoms with Gasteiger partial charge in [-0.05, 0) is 80.8 Å². The first-order chi connectivity index (χ1) is 18.9. The van der Waals surface area contributed by atoms with Gasteiger partial charge in [0.05, 0.1) is 10.6 Å². The Kier molecular flexibility index (Phi) is 11.2. The number of carbonyl (C=O) groups is 2. The number of sulfonamides is 1. The van der Waals surface area contributed by atoms with Crippen LogP contribution in [0.25, 0.3) is 0 Å². The third kappa shape index (κ3) is 8.08. The van der Waals surface area contributed by atoms with Crippen molar-refractivity contribution < 1.29 is 18.0 Å². The Bertz CT molecular complexity index is 1450. The standard InChI is InChI=1S/C30H35BrClN3O4S/c1-5-6-16-33-30(37)23(4)34(19-24-8-7-9-25(31)18-24)29(36)20-35(28-15-12-26(32)17-22(28)3)40(38,39)27-13-10-21(2)11-14-27/h7-15,17-18,23H,5-6,16,19-20H2,1-4H3,(H,33,37)/t23-/m0/s1. The van der Waals surface area contributed by atoms with Gasteiger partial charge in [0, 0.05) is 22.6 Å². The Balaban J connectivity index is 2.04. The molecule has 214 valence electrons. The minimum atomic E-state index is -4.14. The van der Waals surface area contributed by atoms with Crippen molar-refractivity contribution in [2.24, 2.45) is 0 Å². The lowest BCUT2D eigenvalue weighted by atomic mass is 10.1. The maximum absolute atomic E-state index is 14.0. The number of benzene rings is 3. The first-order valence-corrected chi connectivity index (χ1v) is 15.7. The second-order valence-corrected chi connectivity index (χ2v) is 12.9. The van der Waals surface area contributed by atoms with E-state index >= 15 is 0 Å². The van der Waals surface area contributed by atoms with E-state index in [9.17, 15) is 18.0 Å². The fraction of sp³-hybridized carbons (Fsp3) is 0.333. The molecule has 0 aliphatic rings. The van der Waals surface area contributed by atoms with E-state index in [-0.39, 0.29) is 17.3 Å². The van der Waals surface area contributed by atoms with Crippen LogP contribution in [0.4, 0.5) is 5.69 Å². The summed E-state index contributed by atoms with van der Waals surface area (Å²) in [6, 6.07) is 17.9. The van der Waals surface area contributed by atoms with E-state index in [1.807, 2.05) is 38.1 Å². The molecule has 0 radical (unpaired) electrons. The SMILES string of the molecule is CCCCNC(=O)[C@H](C)N(Cc1cccc(Br)c1)C(=O)CN(c1ccc(Cl)cc1C)S(=O)(=O)c1ccc(C)cc1. The molecule has 0 unspecified atom stereocenters. The summed E-state index contributed by atoms with van der Waals surface area (Å²) in [5, 5.41) is 3.34. The molecule has 0 heterocycles. The van der Waals surface area contributed by atoms with Gasteiger partial charge in [0.15, 0.2) is 0 Å². The molecule has 1 N–H and O–H groups in total. The lowest BCUT2D eigenvalue weighted by molar-refractivity contribution is -0.139. The number of halogens is 2. The Hall–Kier alpha value is -2.88. The molecule has 3 rings (SSSR count). The van der Waals surface area contributed by atoms with E-state index in [1.165, 1.54) is 17.0 Å². The van der Waals surface area contributed by atoms with Crippen LogP contribution in [0.2, 0.25) is 5.02 Å². The van der Waals surface area contributed by atoms with Gasteiger partial charge in [0.25, 0.3) is 10.0 Å². The summed E-state index contributed by atoms with van der Waals surface area (Å²) in [7, 11) is -4.14.